The Bertz CT molecular complexity index is 1190. The highest BCUT2D eigenvalue weighted by Gasteiger charge is 2.42. The summed E-state index contributed by atoms with van der Waals surface area (Å²) in [5, 5.41) is 9.66. The van der Waals surface area contributed by atoms with Crippen molar-refractivity contribution in [2.45, 2.75) is 57.5 Å². The van der Waals surface area contributed by atoms with Gasteiger partial charge in [0.15, 0.2) is 4.71 Å². The largest absolute Gasteiger partial charge is 0.478 e. The third kappa shape index (κ3) is 3.54. The van der Waals surface area contributed by atoms with E-state index in [0.29, 0.717) is 17.0 Å². The molecule has 0 saturated carbocycles. The number of carboxylic acid groups (broad SMARTS) is 1. The summed E-state index contributed by atoms with van der Waals surface area (Å²) in [6, 6.07) is 3.48. The Kier molecular flexibility index (Phi) is 4.81. The van der Waals surface area contributed by atoms with E-state index in [1.165, 1.54) is 6.07 Å². The minimum Gasteiger partial charge on any atom is -0.478 e. The van der Waals surface area contributed by atoms with E-state index < -0.39 is 17.7 Å². The van der Waals surface area contributed by atoms with Crippen molar-refractivity contribution in [2.24, 2.45) is 0 Å². The van der Waals surface area contributed by atoms with Gasteiger partial charge in [-0.25, -0.2) is 4.79 Å². The Morgan fingerprint density at radius 2 is 1.77 bits per heavy atom. The van der Waals surface area contributed by atoms with E-state index in [0.717, 1.165) is 42.7 Å². The van der Waals surface area contributed by atoms with Crippen LogP contribution in [0.3, 0.4) is 0 Å². The number of rotatable bonds is 2. The van der Waals surface area contributed by atoms with Crippen LogP contribution in [0.5, 0.6) is 0 Å². The number of alkyl halides is 3. The zero-order chi connectivity index (χ0) is 22.9. The first-order valence-electron chi connectivity index (χ1n) is 10.2. The molecular weight excluding hydrogens is 427 g/mol. The molecule has 1 aromatic carbocycles. The van der Waals surface area contributed by atoms with Gasteiger partial charge in [-0.05, 0) is 59.7 Å². The molecule has 0 spiro atoms. The van der Waals surface area contributed by atoms with Gasteiger partial charge in [-0.1, -0.05) is 27.7 Å². The summed E-state index contributed by atoms with van der Waals surface area (Å²) >= 11 is 5.25. The number of hydrogen-bond donors (Lipinski definition) is 1. The van der Waals surface area contributed by atoms with Crippen LogP contribution in [-0.4, -0.2) is 30.3 Å². The average Bonchev–Trinajstić information content (AvgIpc) is 2.62. The van der Waals surface area contributed by atoms with Crippen molar-refractivity contribution in [3.05, 3.63) is 39.1 Å². The number of nitrogens with zero attached hydrogens (tertiary/aromatic N) is 1. The molecule has 3 heterocycles. The lowest BCUT2D eigenvalue weighted by Gasteiger charge is -2.48. The molecule has 0 amide bonds. The van der Waals surface area contributed by atoms with Gasteiger partial charge in [0, 0.05) is 35.3 Å². The molecule has 166 valence electrons. The molecule has 8 heteroatoms. The van der Waals surface area contributed by atoms with E-state index in [-0.39, 0.29) is 21.1 Å². The van der Waals surface area contributed by atoms with E-state index in [4.69, 9.17) is 21.7 Å². The second-order valence-corrected chi connectivity index (χ2v) is 10.0. The maximum Gasteiger partial charge on any atom is 0.423 e. The molecule has 0 unspecified atom stereocenters. The van der Waals surface area contributed by atoms with Gasteiger partial charge in [0.1, 0.15) is 11.2 Å². The summed E-state index contributed by atoms with van der Waals surface area (Å²) in [6.45, 7) is 10.5. The Balaban J connectivity index is 2.06. The molecule has 4 rings (SSSR count). The molecule has 2 aromatic rings. The minimum atomic E-state index is -5.01. The Labute approximate surface area is 183 Å². The molecular formula is C23H24F3NO3S. The summed E-state index contributed by atoms with van der Waals surface area (Å²) < 4.78 is 45.3. The van der Waals surface area contributed by atoms with Crippen LogP contribution < -0.4 is 4.90 Å². The highest BCUT2D eigenvalue weighted by atomic mass is 32.1. The number of carbonyl (C=O) groups is 1. The van der Waals surface area contributed by atoms with E-state index in [1.54, 1.807) is 0 Å². The smallest absolute Gasteiger partial charge is 0.423 e. The molecule has 0 bridgehead atoms. The Morgan fingerprint density at radius 3 is 2.35 bits per heavy atom. The number of anilines is 1. The van der Waals surface area contributed by atoms with Crippen LogP contribution in [0.2, 0.25) is 0 Å². The minimum absolute atomic E-state index is 0.0662. The van der Waals surface area contributed by atoms with E-state index in [2.05, 4.69) is 32.6 Å². The zero-order valence-corrected chi connectivity index (χ0v) is 18.6. The first kappa shape index (κ1) is 21.9. The lowest BCUT2D eigenvalue weighted by Crippen LogP contribution is -2.44. The molecule has 2 aliphatic rings. The standard InChI is InChI=1S/C23H24F3NO3S/c1-21(2)5-7-27-8-6-22(3,4)16-17(27)14(21)10-12-9-13(20(31)30-18(12)16)11-15(19(28)29)23(24,25)26/h9-11H,5-8H2,1-4H3,(H,28,29)/b15-11+. The molecule has 4 nitrogen and oxygen atoms in total. The monoisotopic (exact) mass is 451 g/mol. The lowest BCUT2D eigenvalue weighted by molar-refractivity contribution is -0.144. The van der Waals surface area contributed by atoms with Crippen molar-refractivity contribution in [1.82, 2.24) is 0 Å². The Morgan fingerprint density at radius 1 is 1.16 bits per heavy atom. The van der Waals surface area contributed by atoms with Gasteiger partial charge in [-0.3, -0.25) is 0 Å². The zero-order valence-electron chi connectivity index (χ0n) is 17.8. The highest BCUT2D eigenvalue weighted by Crippen LogP contribution is 2.52. The molecule has 0 saturated heterocycles. The second kappa shape index (κ2) is 6.82. The normalized spacial score (nSPS) is 20.0. The third-order valence-electron chi connectivity index (χ3n) is 6.59. The number of aliphatic carboxylic acids is 1. The van der Waals surface area contributed by atoms with Crippen molar-refractivity contribution >= 4 is 40.9 Å². The number of benzene rings is 1. The summed E-state index contributed by atoms with van der Waals surface area (Å²) in [6.07, 6.45) is -2.57. The van der Waals surface area contributed by atoms with Crippen LogP contribution in [0.4, 0.5) is 18.9 Å². The molecule has 0 atom stereocenters. The predicted octanol–water partition coefficient (Wildman–Crippen LogP) is 6.36. The predicted molar refractivity (Wildman–Crippen MR) is 116 cm³/mol. The molecule has 2 aliphatic heterocycles. The molecule has 1 N–H and O–H groups in total. The molecule has 0 radical (unpaired) electrons. The summed E-state index contributed by atoms with van der Waals surface area (Å²) in [5.74, 6) is -2.06. The van der Waals surface area contributed by atoms with Gasteiger partial charge in [-0.2, -0.15) is 13.2 Å². The van der Waals surface area contributed by atoms with Crippen LogP contribution in [0.1, 0.15) is 57.2 Å². The average molecular weight is 452 g/mol. The van der Waals surface area contributed by atoms with Crippen molar-refractivity contribution < 1.29 is 27.5 Å². The van der Waals surface area contributed by atoms with Gasteiger partial charge >= 0.3 is 12.1 Å². The first-order valence-corrected chi connectivity index (χ1v) is 10.6. The fraction of sp³-hybridized carbons (Fsp3) is 0.478. The fourth-order valence-corrected chi connectivity index (χ4v) is 4.89. The number of fused-ring (bicyclic) bond motifs is 2. The topological polar surface area (TPSA) is 53.7 Å². The Hall–Kier alpha value is -2.35. The maximum atomic E-state index is 13.2. The molecule has 1 aromatic heterocycles. The lowest BCUT2D eigenvalue weighted by atomic mass is 9.69. The second-order valence-electron chi connectivity index (χ2n) is 9.67. The molecule has 0 aliphatic carbocycles. The van der Waals surface area contributed by atoms with Gasteiger partial charge < -0.3 is 14.4 Å². The van der Waals surface area contributed by atoms with Crippen molar-refractivity contribution in [3.63, 3.8) is 0 Å². The van der Waals surface area contributed by atoms with Crippen LogP contribution in [0, 0.1) is 4.71 Å². The fourth-order valence-electron chi connectivity index (χ4n) is 4.69. The van der Waals surface area contributed by atoms with Gasteiger partial charge in [0.25, 0.3) is 0 Å². The summed E-state index contributed by atoms with van der Waals surface area (Å²) in [7, 11) is 0. The molecule has 0 fully saturated rings. The first-order chi connectivity index (χ1) is 14.2. The van der Waals surface area contributed by atoms with E-state index in [1.807, 2.05) is 6.07 Å². The highest BCUT2D eigenvalue weighted by molar-refractivity contribution is 7.71. The van der Waals surface area contributed by atoms with Crippen LogP contribution in [-0.2, 0) is 15.6 Å². The van der Waals surface area contributed by atoms with Gasteiger partial charge in [-0.15, -0.1) is 0 Å². The van der Waals surface area contributed by atoms with Gasteiger partial charge in [0.05, 0.1) is 0 Å². The third-order valence-corrected chi connectivity index (χ3v) is 6.91. The SMILES string of the molecule is CC1(C)CCN2CCC(C)(C)c3c2c1cc1cc(/C=C(\C(=O)O)C(F)(F)F)c(=S)oc31. The van der Waals surface area contributed by atoms with Gasteiger partial charge in [0.2, 0.25) is 0 Å². The quantitative estimate of drug-likeness (QED) is 0.425. The van der Waals surface area contributed by atoms with Crippen LogP contribution in [0.15, 0.2) is 22.1 Å². The van der Waals surface area contributed by atoms with E-state index in [9.17, 15) is 18.0 Å². The maximum absolute atomic E-state index is 13.2. The summed E-state index contributed by atoms with van der Waals surface area (Å²) in [4.78, 5) is 13.5. The summed E-state index contributed by atoms with van der Waals surface area (Å²) in [5.41, 5.74) is 1.81. The van der Waals surface area contributed by atoms with Crippen LogP contribution >= 0.6 is 12.2 Å². The number of carboxylic acids is 1. The van der Waals surface area contributed by atoms with Crippen molar-refractivity contribution in [2.75, 3.05) is 18.0 Å². The number of halogens is 3. The van der Waals surface area contributed by atoms with E-state index >= 15 is 0 Å². The van der Waals surface area contributed by atoms with Crippen molar-refractivity contribution in [1.29, 1.82) is 0 Å². The number of hydrogen-bond acceptors (Lipinski definition) is 4. The van der Waals surface area contributed by atoms with Crippen LogP contribution in [0.25, 0.3) is 17.0 Å². The van der Waals surface area contributed by atoms with Crippen molar-refractivity contribution in [3.8, 4) is 0 Å². The molecule has 31 heavy (non-hydrogen) atoms.